The number of hydrogen-bond donors (Lipinski definition) is 1. The summed E-state index contributed by atoms with van der Waals surface area (Å²) in [6, 6.07) is 10.0. The van der Waals surface area contributed by atoms with E-state index in [1.165, 1.54) is 0 Å². The van der Waals surface area contributed by atoms with Crippen LogP contribution in [-0.2, 0) is 0 Å². The van der Waals surface area contributed by atoms with Crippen molar-refractivity contribution in [2.75, 3.05) is 31.1 Å². The molecule has 1 aliphatic rings. The van der Waals surface area contributed by atoms with Crippen LogP contribution in [-0.4, -0.2) is 43.2 Å². The van der Waals surface area contributed by atoms with Gasteiger partial charge < -0.3 is 15.1 Å². The number of nitrogens with zero attached hydrogens (tertiary/aromatic N) is 3. The van der Waals surface area contributed by atoms with Crippen LogP contribution in [0.1, 0.15) is 25.8 Å². The number of rotatable bonds is 3. The Balaban J connectivity index is 1.91. The number of nitriles is 1. The molecule has 0 radical (unpaired) electrons. The van der Waals surface area contributed by atoms with Gasteiger partial charge in [0.15, 0.2) is 0 Å². The lowest BCUT2D eigenvalue weighted by atomic mass is 10.2. The van der Waals surface area contributed by atoms with E-state index in [9.17, 15) is 4.79 Å². The first kappa shape index (κ1) is 15.2. The average Bonchev–Trinajstić information content (AvgIpc) is 2.54. The van der Waals surface area contributed by atoms with Crippen LogP contribution in [0.4, 0.5) is 10.5 Å². The van der Waals surface area contributed by atoms with E-state index < -0.39 is 0 Å². The third kappa shape index (κ3) is 3.88. The van der Waals surface area contributed by atoms with Gasteiger partial charge in [-0.1, -0.05) is 13.0 Å². The van der Waals surface area contributed by atoms with Gasteiger partial charge in [-0.2, -0.15) is 5.26 Å². The first-order valence-corrected chi connectivity index (χ1v) is 7.44. The van der Waals surface area contributed by atoms with Gasteiger partial charge in [0.05, 0.1) is 11.6 Å². The molecule has 1 saturated heterocycles. The largest absolute Gasteiger partial charge is 0.368 e. The highest BCUT2D eigenvalue weighted by molar-refractivity contribution is 5.74. The molecule has 1 unspecified atom stereocenters. The lowest BCUT2D eigenvalue weighted by molar-refractivity contribution is 0.191. The summed E-state index contributed by atoms with van der Waals surface area (Å²) in [6.45, 7) is 7.08. The standard InChI is InChI=1S/C16H22N4O/c1-3-13(2)18-16(21)20-9-7-19(8-10-20)15-6-4-5-14(11-15)12-17/h4-6,11,13H,3,7-10H2,1-2H3,(H,18,21). The number of anilines is 1. The summed E-state index contributed by atoms with van der Waals surface area (Å²) in [4.78, 5) is 16.1. The number of hydrogen-bond acceptors (Lipinski definition) is 3. The molecular formula is C16H22N4O. The zero-order valence-electron chi connectivity index (χ0n) is 12.7. The minimum Gasteiger partial charge on any atom is -0.368 e. The number of piperazine rings is 1. The molecule has 1 aliphatic heterocycles. The molecule has 1 atom stereocenters. The van der Waals surface area contributed by atoms with Crippen molar-refractivity contribution < 1.29 is 4.79 Å². The third-order valence-corrected chi connectivity index (χ3v) is 3.89. The van der Waals surface area contributed by atoms with E-state index in [2.05, 4.69) is 23.2 Å². The summed E-state index contributed by atoms with van der Waals surface area (Å²) in [5.74, 6) is 0. The lowest BCUT2D eigenvalue weighted by Gasteiger charge is -2.36. The molecule has 0 aliphatic carbocycles. The van der Waals surface area contributed by atoms with Gasteiger partial charge in [0.1, 0.15) is 0 Å². The van der Waals surface area contributed by atoms with Crippen molar-refractivity contribution in [1.29, 1.82) is 5.26 Å². The minimum atomic E-state index is 0.0229. The molecule has 21 heavy (non-hydrogen) atoms. The smallest absolute Gasteiger partial charge is 0.317 e. The molecule has 5 heteroatoms. The Bertz CT molecular complexity index is 529. The molecule has 0 saturated carbocycles. The van der Waals surface area contributed by atoms with E-state index in [-0.39, 0.29) is 12.1 Å². The molecule has 1 N–H and O–H groups in total. The fourth-order valence-electron chi connectivity index (χ4n) is 2.34. The Morgan fingerprint density at radius 2 is 2.10 bits per heavy atom. The van der Waals surface area contributed by atoms with Crippen molar-refractivity contribution in [3.05, 3.63) is 29.8 Å². The van der Waals surface area contributed by atoms with Gasteiger partial charge in [-0.25, -0.2) is 4.79 Å². The highest BCUT2D eigenvalue weighted by atomic mass is 16.2. The van der Waals surface area contributed by atoms with Crippen molar-refractivity contribution in [2.24, 2.45) is 0 Å². The van der Waals surface area contributed by atoms with E-state index in [4.69, 9.17) is 5.26 Å². The number of nitrogens with one attached hydrogen (secondary N) is 1. The number of carbonyl (C=O) groups is 1. The van der Waals surface area contributed by atoms with Crippen LogP contribution in [0.3, 0.4) is 0 Å². The van der Waals surface area contributed by atoms with Crippen molar-refractivity contribution in [1.82, 2.24) is 10.2 Å². The zero-order valence-corrected chi connectivity index (χ0v) is 12.7. The Labute approximate surface area is 126 Å². The lowest BCUT2D eigenvalue weighted by Crippen LogP contribution is -2.53. The van der Waals surface area contributed by atoms with Gasteiger partial charge in [0, 0.05) is 37.9 Å². The summed E-state index contributed by atoms with van der Waals surface area (Å²) in [5, 5.41) is 12.0. The van der Waals surface area contributed by atoms with E-state index in [0.717, 1.165) is 25.2 Å². The fraction of sp³-hybridized carbons (Fsp3) is 0.500. The first-order chi connectivity index (χ1) is 10.1. The van der Waals surface area contributed by atoms with Crippen molar-refractivity contribution >= 4 is 11.7 Å². The molecule has 1 heterocycles. The van der Waals surface area contributed by atoms with E-state index >= 15 is 0 Å². The summed E-state index contributed by atoms with van der Waals surface area (Å²) < 4.78 is 0. The Kier molecular flexibility index (Phi) is 5.04. The van der Waals surface area contributed by atoms with Gasteiger partial charge in [-0.15, -0.1) is 0 Å². The maximum Gasteiger partial charge on any atom is 0.317 e. The summed E-state index contributed by atoms with van der Waals surface area (Å²) in [6.07, 6.45) is 0.937. The fourth-order valence-corrected chi connectivity index (χ4v) is 2.34. The Morgan fingerprint density at radius 1 is 1.38 bits per heavy atom. The maximum atomic E-state index is 12.1. The van der Waals surface area contributed by atoms with E-state index in [1.54, 1.807) is 6.07 Å². The van der Waals surface area contributed by atoms with Crippen LogP contribution in [0.5, 0.6) is 0 Å². The quantitative estimate of drug-likeness (QED) is 0.926. The Morgan fingerprint density at radius 3 is 2.71 bits per heavy atom. The van der Waals surface area contributed by atoms with Crippen LogP contribution >= 0.6 is 0 Å². The highest BCUT2D eigenvalue weighted by Gasteiger charge is 2.21. The summed E-state index contributed by atoms with van der Waals surface area (Å²) >= 11 is 0. The molecule has 1 aromatic carbocycles. The predicted molar refractivity (Wildman–Crippen MR) is 83.2 cm³/mol. The number of benzene rings is 1. The zero-order chi connectivity index (χ0) is 15.2. The summed E-state index contributed by atoms with van der Waals surface area (Å²) in [5.41, 5.74) is 1.72. The van der Waals surface area contributed by atoms with Crippen molar-refractivity contribution in [3.8, 4) is 6.07 Å². The van der Waals surface area contributed by atoms with Crippen LogP contribution in [0.15, 0.2) is 24.3 Å². The Hall–Kier alpha value is -2.22. The van der Waals surface area contributed by atoms with Crippen LogP contribution < -0.4 is 10.2 Å². The molecule has 2 rings (SSSR count). The number of amides is 2. The van der Waals surface area contributed by atoms with Gasteiger partial charge in [0.2, 0.25) is 0 Å². The highest BCUT2D eigenvalue weighted by Crippen LogP contribution is 2.17. The van der Waals surface area contributed by atoms with Crippen LogP contribution in [0.25, 0.3) is 0 Å². The third-order valence-electron chi connectivity index (χ3n) is 3.89. The molecule has 1 aromatic rings. The average molecular weight is 286 g/mol. The second-order valence-corrected chi connectivity index (χ2v) is 5.40. The topological polar surface area (TPSA) is 59.4 Å². The molecule has 1 fully saturated rings. The maximum absolute atomic E-state index is 12.1. The van der Waals surface area contributed by atoms with Crippen LogP contribution in [0, 0.1) is 11.3 Å². The van der Waals surface area contributed by atoms with Crippen molar-refractivity contribution in [3.63, 3.8) is 0 Å². The molecule has 0 aromatic heterocycles. The molecule has 0 bridgehead atoms. The van der Waals surface area contributed by atoms with Gasteiger partial charge >= 0.3 is 6.03 Å². The molecule has 5 nitrogen and oxygen atoms in total. The normalized spacial score (nSPS) is 16.2. The second kappa shape index (κ2) is 6.98. The van der Waals surface area contributed by atoms with E-state index in [1.807, 2.05) is 30.0 Å². The first-order valence-electron chi connectivity index (χ1n) is 7.44. The minimum absolute atomic E-state index is 0.0229. The number of urea groups is 1. The SMILES string of the molecule is CCC(C)NC(=O)N1CCN(c2cccc(C#N)c2)CC1. The van der Waals surface area contributed by atoms with Gasteiger partial charge in [-0.3, -0.25) is 0 Å². The monoisotopic (exact) mass is 286 g/mol. The van der Waals surface area contributed by atoms with E-state index in [0.29, 0.717) is 18.7 Å². The van der Waals surface area contributed by atoms with Gasteiger partial charge in [0.25, 0.3) is 0 Å². The molecule has 0 spiro atoms. The van der Waals surface area contributed by atoms with Gasteiger partial charge in [-0.05, 0) is 31.5 Å². The second-order valence-electron chi connectivity index (χ2n) is 5.40. The molecule has 112 valence electrons. The molecular weight excluding hydrogens is 264 g/mol. The number of carbonyl (C=O) groups excluding carboxylic acids is 1. The predicted octanol–water partition coefficient (Wildman–Crippen LogP) is 2.19. The molecule has 2 amide bonds. The summed E-state index contributed by atoms with van der Waals surface area (Å²) in [7, 11) is 0. The van der Waals surface area contributed by atoms with Crippen LogP contribution in [0.2, 0.25) is 0 Å². The van der Waals surface area contributed by atoms with Crippen molar-refractivity contribution in [2.45, 2.75) is 26.3 Å².